The first kappa shape index (κ1) is 19.1. The van der Waals surface area contributed by atoms with E-state index in [-0.39, 0.29) is 16.0 Å². The predicted octanol–water partition coefficient (Wildman–Crippen LogP) is 3.76. The highest BCUT2D eigenvalue weighted by atomic mass is 79.9. The molecule has 0 unspecified atom stereocenters. The Morgan fingerprint density at radius 1 is 1.25 bits per heavy atom. The van der Waals surface area contributed by atoms with E-state index in [1.807, 2.05) is 19.1 Å². The van der Waals surface area contributed by atoms with Crippen molar-refractivity contribution >= 4 is 48.9 Å². The maximum atomic E-state index is 12.6. The van der Waals surface area contributed by atoms with Crippen molar-refractivity contribution < 1.29 is 13.2 Å². The van der Waals surface area contributed by atoms with Gasteiger partial charge in [0, 0.05) is 10.2 Å². The van der Waals surface area contributed by atoms with Crippen molar-refractivity contribution in [1.29, 1.82) is 0 Å². The van der Waals surface area contributed by atoms with Crippen LogP contribution in [0.25, 0.3) is 0 Å². The molecule has 0 aliphatic rings. The average Bonchev–Trinajstić information content (AvgIpc) is 3.03. The zero-order valence-corrected chi connectivity index (χ0v) is 16.8. The summed E-state index contributed by atoms with van der Waals surface area (Å²) >= 11 is 4.52. The maximum Gasteiger partial charge on any atom is 0.250 e. The minimum absolute atomic E-state index is 0.195. The second-order valence-electron chi connectivity index (χ2n) is 5.73. The van der Waals surface area contributed by atoms with Crippen LogP contribution in [0.4, 0.5) is 5.69 Å². The number of rotatable bonds is 6. The first-order valence-electron chi connectivity index (χ1n) is 7.33. The number of sulfonamides is 1. The number of thiophene rings is 1. The molecule has 1 atom stereocenters. The summed E-state index contributed by atoms with van der Waals surface area (Å²) in [7, 11) is -3.71. The Hall–Kier alpha value is -1.22. The molecule has 8 heteroatoms. The molecule has 130 valence electrons. The van der Waals surface area contributed by atoms with Gasteiger partial charge in [0.05, 0.1) is 0 Å². The summed E-state index contributed by atoms with van der Waals surface area (Å²) in [5, 5.41) is 4.46. The third-order valence-electron chi connectivity index (χ3n) is 3.42. The standard InChI is InChI=1S/C16H19BrN2O3S2/c1-10(2)15(19-24(21,22)14-5-4-8-23-14)16(20)18-12-6-7-13(17)11(3)9-12/h4-10,15,19H,1-3H3,(H,18,20)/t15-/m0/s1. The van der Waals surface area contributed by atoms with Gasteiger partial charge in [0.1, 0.15) is 10.3 Å². The number of halogens is 1. The Kier molecular flexibility index (Phi) is 6.19. The zero-order chi connectivity index (χ0) is 17.9. The number of anilines is 1. The smallest absolute Gasteiger partial charge is 0.250 e. The fourth-order valence-corrected chi connectivity index (χ4v) is 4.68. The molecule has 1 aromatic heterocycles. The van der Waals surface area contributed by atoms with Gasteiger partial charge in [0.2, 0.25) is 5.91 Å². The topological polar surface area (TPSA) is 75.3 Å². The van der Waals surface area contributed by atoms with Crippen LogP contribution in [0, 0.1) is 12.8 Å². The molecular formula is C16H19BrN2O3S2. The van der Waals surface area contributed by atoms with E-state index in [0.29, 0.717) is 5.69 Å². The fraction of sp³-hybridized carbons (Fsp3) is 0.312. The van der Waals surface area contributed by atoms with Gasteiger partial charge in [-0.15, -0.1) is 11.3 Å². The molecular weight excluding hydrogens is 412 g/mol. The molecule has 2 N–H and O–H groups in total. The molecule has 0 aliphatic carbocycles. The third-order valence-corrected chi connectivity index (χ3v) is 7.14. The second kappa shape index (κ2) is 7.77. The number of hydrogen-bond donors (Lipinski definition) is 2. The molecule has 5 nitrogen and oxygen atoms in total. The first-order chi connectivity index (χ1) is 11.2. The number of carbonyl (C=O) groups excluding carboxylic acids is 1. The van der Waals surface area contributed by atoms with Crippen LogP contribution in [0.2, 0.25) is 0 Å². The van der Waals surface area contributed by atoms with E-state index in [1.54, 1.807) is 31.4 Å². The van der Waals surface area contributed by atoms with Gasteiger partial charge in [-0.1, -0.05) is 35.8 Å². The highest BCUT2D eigenvalue weighted by Crippen LogP contribution is 2.21. The predicted molar refractivity (Wildman–Crippen MR) is 101 cm³/mol. The van der Waals surface area contributed by atoms with Gasteiger partial charge in [-0.25, -0.2) is 8.42 Å². The Morgan fingerprint density at radius 3 is 2.50 bits per heavy atom. The minimum atomic E-state index is -3.71. The van der Waals surface area contributed by atoms with Gasteiger partial charge < -0.3 is 5.32 Å². The number of amides is 1. The molecule has 24 heavy (non-hydrogen) atoms. The average molecular weight is 431 g/mol. The summed E-state index contributed by atoms with van der Waals surface area (Å²) in [6.45, 7) is 5.52. The first-order valence-corrected chi connectivity index (χ1v) is 10.5. The van der Waals surface area contributed by atoms with Crippen molar-refractivity contribution in [2.45, 2.75) is 31.0 Å². The minimum Gasteiger partial charge on any atom is -0.325 e. The summed E-state index contributed by atoms with van der Waals surface area (Å²) in [6, 6.07) is 7.74. The van der Waals surface area contributed by atoms with E-state index in [4.69, 9.17) is 0 Å². The van der Waals surface area contributed by atoms with E-state index in [2.05, 4.69) is 26.0 Å². The summed E-state index contributed by atoms with van der Waals surface area (Å²) < 4.78 is 28.4. The van der Waals surface area contributed by atoms with Crippen LogP contribution in [0.5, 0.6) is 0 Å². The molecule has 0 aliphatic heterocycles. The molecule has 1 aromatic carbocycles. The van der Waals surface area contributed by atoms with Crippen LogP contribution >= 0.6 is 27.3 Å². The summed E-state index contributed by atoms with van der Waals surface area (Å²) in [4.78, 5) is 12.6. The van der Waals surface area contributed by atoms with E-state index >= 15 is 0 Å². The van der Waals surface area contributed by atoms with Gasteiger partial charge in [0.15, 0.2) is 0 Å². The van der Waals surface area contributed by atoms with Crippen LogP contribution in [-0.2, 0) is 14.8 Å². The fourth-order valence-electron chi connectivity index (χ4n) is 2.08. The number of hydrogen-bond acceptors (Lipinski definition) is 4. The van der Waals surface area contributed by atoms with Gasteiger partial charge in [-0.3, -0.25) is 4.79 Å². The Bertz CT molecular complexity index is 818. The van der Waals surface area contributed by atoms with E-state index in [0.717, 1.165) is 21.4 Å². The Labute approximate surface area is 154 Å². The lowest BCUT2D eigenvalue weighted by Gasteiger charge is -2.21. The van der Waals surface area contributed by atoms with E-state index in [1.165, 1.54) is 6.07 Å². The van der Waals surface area contributed by atoms with Crippen LogP contribution in [0.3, 0.4) is 0 Å². The number of carbonyl (C=O) groups is 1. The molecule has 2 rings (SSSR count). The van der Waals surface area contributed by atoms with Gasteiger partial charge in [0.25, 0.3) is 10.0 Å². The van der Waals surface area contributed by atoms with Crippen LogP contribution in [-0.4, -0.2) is 20.4 Å². The van der Waals surface area contributed by atoms with Crippen molar-refractivity contribution in [2.75, 3.05) is 5.32 Å². The van der Waals surface area contributed by atoms with Crippen molar-refractivity contribution in [2.24, 2.45) is 5.92 Å². The number of nitrogens with one attached hydrogen (secondary N) is 2. The molecule has 0 spiro atoms. The molecule has 0 saturated carbocycles. The number of aryl methyl sites for hydroxylation is 1. The Morgan fingerprint density at radius 2 is 1.96 bits per heavy atom. The second-order valence-corrected chi connectivity index (χ2v) is 9.47. The molecule has 0 radical (unpaired) electrons. The van der Waals surface area contributed by atoms with Crippen molar-refractivity contribution in [3.63, 3.8) is 0 Å². The van der Waals surface area contributed by atoms with Gasteiger partial charge in [-0.2, -0.15) is 4.72 Å². The van der Waals surface area contributed by atoms with Gasteiger partial charge in [-0.05, 0) is 48.1 Å². The monoisotopic (exact) mass is 430 g/mol. The zero-order valence-electron chi connectivity index (χ0n) is 13.5. The van der Waals surface area contributed by atoms with Gasteiger partial charge >= 0.3 is 0 Å². The van der Waals surface area contributed by atoms with Crippen molar-refractivity contribution in [1.82, 2.24) is 4.72 Å². The normalized spacial score (nSPS) is 13.0. The number of benzene rings is 1. The molecule has 0 fully saturated rings. The highest BCUT2D eigenvalue weighted by molar-refractivity contribution is 9.10. The van der Waals surface area contributed by atoms with Crippen molar-refractivity contribution in [3.05, 3.63) is 45.7 Å². The van der Waals surface area contributed by atoms with E-state index < -0.39 is 16.1 Å². The molecule has 2 aromatic rings. The summed E-state index contributed by atoms with van der Waals surface area (Å²) in [5.41, 5.74) is 1.61. The SMILES string of the molecule is Cc1cc(NC(=O)[C@@H](NS(=O)(=O)c2cccs2)C(C)C)ccc1Br. The van der Waals surface area contributed by atoms with Crippen LogP contribution < -0.4 is 10.0 Å². The van der Waals surface area contributed by atoms with Crippen LogP contribution in [0.1, 0.15) is 19.4 Å². The van der Waals surface area contributed by atoms with Crippen LogP contribution in [0.15, 0.2) is 44.4 Å². The molecule has 1 amide bonds. The lowest BCUT2D eigenvalue weighted by atomic mass is 10.0. The lowest BCUT2D eigenvalue weighted by molar-refractivity contribution is -0.118. The highest BCUT2D eigenvalue weighted by Gasteiger charge is 2.29. The summed E-state index contributed by atoms with van der Waals surface area (Å²) in [6.07, 6.45) is 0. The lowest BCUT2D eigenvalue weighted by Crippen LogP contribution is -2.46. The van der Waals surface area contributed by atoms with E-state index in [9.17, 15) is 13.2 Å². The largest absolute Gasteiger partial charge is 0.325 e. The van der Waals surface area contributed by atoms with Crippen molar-refractivity contribution in [3.8, 4) is 0 Å². The third kappa shape index (κ3) is 4.66. The molecule has 0 bridgehead atoms. The Balaban J connectivity index is 2.18. The molecule has 0 saturated heterocycles. The molecule has 1 heterocycles. The maximum absolute atomic E-state index is 12.6. The summed E-state index contributed by atoms with van der Waals surface area (Å²) in [5.74, 6) is -0.580. The quantitative estimate of drug-likeness (QED) is 0.732.